The van der Waals surface area contributed by atoms with Gasteiger partial charge in [0.2, 0.25) is 0 Å². The fraction of sp³-hybridized carbons (Fsp3) is 0.130. The summed E-state index contributed by atoms with van der Waals surface area (Å²) in [6.45, 7) is -0.517. The predicted molar refractivity (Wildman–Crippen MR) is 128 cm³/mol. The number of benzene rings is 2. The topological polar surface area (TPSA) is 154 Å². The third kappa shape index (κ3) is 6.75. The minimum absolute atomic E-state index is 0.193. The first kappa shape index (κ1) is 24.6. The van der Waals surface area contributed by atoms with Crippen LogP contribution in [-0.2, 0) is 22.6 Å². The van der Waals surface area contributed by atoms with Crippen molar-refractivity contribution in [2.45, 2.75) is 13.0 Å². The van der Waals surface area contributed by atoms with Gasteiger partial charge in [-0.25, -0.2) is 16.4 Å². The summed E-state index contributed by atoms with van der Waals surface area (Å²) in [6.07, 6.45) is 3.77. The average Bonchev–Trinajstić information content (AvgIpc) is 2.85. The number of carbonyl (C=O) groups is 2. The van der Waals surface area contributed by atoms with Gasteiger partial charge in [0.15, 0.2) is 6.61 Å². The number of rotatable bonds is 9. The van der Waals surface area contributed by atoms with Gasteiger partial charge >= 0.3 is 0 Å². The zero-order chi connectivity index (χ0) is 24.5. The lowest BCUT2D eigenvalue weighted by Crippen LogP contribution is -2.38. The van der Waals surface area contributed by atoms with Crippen LogP contribution in [0.3, 0.4) is 0 Å². The van der Waals surface area contributed by atoms with Crippen LogP contribution in [0, 0.1) is 0 Å². The molecule has 176 valence electrons. The van der Waals surface area contributed by atoms with Gasteiger partial charge in [-0.05, 0) is 41.5 Å². The van der Waals surface area contributed by atoms with E-state index in [-0.39, 0.29) is 19.6 Å². The van der Waals surface area contributed by atoms with E-state index in [1.54, 1.807) is 54.6 Å². The van der Waals surface area contributed by atoms with Crippen LogP contribution in [0.1, 0.15) is 22.4 Å². The van der Waals surface area contributed by atoms with E-state index in [9.17, 15) is 14.4 Å². The van der Waals surface area contributed by atoms with Crippen molar-refractivity contribution in [1.29, 1.82) is 0 Å². The van der Waals surface area contributed by atoms with Crippen LogP contribution in [0.2, 0.25) is 5.02 Å². The van der Waals surface area contributed by atoms with Gasteiger partial charge in [-0.2, -0.15) is 5.10 Å². The van der Waals surface area contributed by atoms with Gasteiger partial charge in [0.25, 0.3) is 17.4 Å². The fourth-order valence-corrected chi connectivity index (χ4v) is 3.21. The molecule has 0 bridgehead atoms. The molecule has 10 nitrogen and oxygen atoms in total. The van der Waals surface area contributed by atoms with Crippen molar-refractivity contribution < 1.29 is 14.3 Å². The number of nitrogens with two attached hydrogens (primary N) is 2. The highest BCUT2D eigenvalue weighted by molar-refractivity contribution is 6.31. The highest BCUT2D eigenvalue weighted by Crippen LogP contribution is 2.18. The second kappa shape index (κ2) is 11.8. The van der Waals surface area contributed by atoms with Crippen LogP contribution < -0.4 is 32.8 Å². The highest BCUT2D eigenvalue weighted by atomic mass is 35.5. The molecule has 2 amide bonds. The number of hydrogen-bond donors (Lipinski definition) is 4. The van der Waals surface area contributed by atoms with Crippen LogP contribution >= 0.6 is 11.6 Å². The van der Waals surface area contributed by atoms with Crippen molar-refractivity contribution in [3.63, 3.8) is 0 Å². The Balaban J connectivity index is 1.86. The number of carbonyl (C=O) groups excluding carboxylic acids is 2. The van der Waals surface area contributed by atoms with Crippen molar-refractivity contribution in [3.05, 3.63) is 92.4 Å². The second-order valence-corrected chi connectivity index (χ2v) is 7.56. The molecule has 0 aliphatic rings. The van der Waals surface area contributed by atoms with Gasteiger partial charge < -0.3 is 4.74 Å². The number of aromatic nitrogens is 2. The van der Waals surface area contributed by atoms with Crippen molar-refractivity contribution in [1.82, 2.24) is 20.6 Å². The molecule has 6 N–H and O–H groups in total. The first-order valence-electron chi connectivity index (χ1n) is 10.1. The summed E-state index contributed by atoms with van der Waals surface area (Å²) in [5.74, 6) is 9.69. The Morgan fingerprint density at radius 1 is 1.00 bits per heavy atom. The quantitative estimate of drug-likeness (QED) is 0.201. The van der Waals surface area contributed by atoms with E-state index >= 15 is 0 Å². The van der Waals surface area contributed by atoms with E-state index in [0.29, 0.717) is 22.0 Å². The molecule has 0 aliphatic carbocycles. The molecule has 0 unspecified atom stereocenters. The summed E-state index contributed by atoms with van der Waals surface area (Å²) in [6, 6.07) is 15.8. The maximum atomic E-state index is 12.9. The third-order valence-corrected chi connectivity index (χ3v) is 5.09. The van der Waals surface area contributed by atoms with Gasteiger partial charge in [0, 0.05) is 17.0 Å². The molecule has 1 heterocycles. The van der Waals surface area contributed by atoms with Gasteiger partial charge in [-0.3, -0.25) is 25.2 Å². The molecule has 11 heteroatoms. The number of hydrogen-bond acceptors (Lipinski definition) is 7. The van der Waals surface area contributed by atoms with Crippen LogP contribution in [0.5, 0.6) is 5.75 Å². The Morgan fingerprint density at radius 2 is 1.71 bits per heavy atom. The van der Waals surface area contributed by atoms with E-state index in [0.717, 1.165) is 15.8 Å². The van der Waals surface area contributed by atoms with Crippen LogP contribution in [0.4, 0.5) is 0 Å². The maximum Gasteiger partial charge on any atom is 0.271 e. The molecule has 3 rings (SSSR count). The summed E-state index contributed by atoms with van der Waals surface area (Å²) < 4.78 is 6.37. The van der Waals surface area contributed by atoms with Gasteiger partial charge in [-0.15, -0.1) is 0 Å². The molecule has 0 saturated heterocycles. The molecule has 0 aliphatic heterocycles. The summed E-state index contributed by atoms with van der Waals surface area (Å²) in [5.41, 5.74) is 6.06. The number of ether oxygens (including phenoxy) is 1. The minimum atomic E-state index is -0.557. The molecule has 0 fully saturated rings. The number of hydrazine groups is 2. The Labute approximate surface area is 200 Å². The number of nitrogens with one attached hydrogen (secondary N) is 2. The Morgan fingerprint density at radius 3 is 2.38 bits per heavy atom. The van der Waals surface area contributed by atoms with Crippen LogP contribution in [0.25, 0.3) is 12.2 Å². The molecule has 0 spiro atoms. The van der Waals surface area contributed by atoms with E-state index in [1.807, 2.05) is 23.0 Å². The third-order valence-electron chi connectivity index (χ3n) is 4.72. The largest absolute Gasteiger partial charge is 0.484 e. The highest BCUT2D eigenvalue weighted by Gasteiger charge is 2.12. The Hall–Kier alpha value is -3.99. The van der Waals surface area contributed by atoms with E-state index in [1.165, 1.54) is 0 Å². The molecule has 0 saturated carbocycles. The average molecular weight is 483 g/mol. The smallest absolute Gasteiger partial charge is 0.271 e. The summed E-state index contributed by atoms with van der Waals surface area (Å²) in [4.78, 5) is 35.8. The zero-order valence-electron chi connectivity index (χ0n) is 18.0. The maximum absolute atomic E-state index is 12.9. The molecule has 0 atom stereocenters. The SMILES string of the molecule is NNC(=O)COc1ccc(/C=C/c2cc(Cc3ccccc3Cl)c(=O)n(CC(=O)NN)n2)cc1. The van der Waals surface area contributed by atoms with Gasteiger partial charge in [0.1, 0.15) is 12.3 Å². The minimum Gasteiger partial charge on any atom is -0.484 e. The summed E-state index contributed by atoms with van der Waals surface area (Å²) in [7, 11) is 0. The molecule has 0 radical (unpaired) electrons. The van der Waals surface area contributed by atoms with Crippen LogP contribution in [-0.4, -0.2) is 28.2 Å². The number of halogens is 1. The first-order valence-corrected chi connectivity index (χ1v) is 10.5. The summed E-state index contributed by atoms with van der Waals surface area (Å²) in [5, 5.41) is 4.80. The second-order valence-electron chi connectivity index (χ2n) is 7.15. The van der Waals surface area contributed by atoms with Gasteiger partial charge in [0.05, 0.1) is 5.69 Å². The number of nitrogens with zero attached hydrogens (tertiary/aromatic N) is 2. The Bertz CT molecular complexity index is 1260. The van der Waals surface area contributed by atoms with E-state index in [2.05, 4.69) is 5.10 Å². The number of amides is 2. The molecule has 3 aromatic rings. The monoisotopic (exact) mass is 482 g/mol. The standard InChI is InChI=1S/C23H23ClN6O4/c24-20-4-2-1-3-16(20)11-17-12-18(29-30(23(17)33)13-21(31)27-25)8-5-15-6-9-19(10-7-15)34-14-22(32)28-26/h1-10,12H,11,13-14,25-26H2,(H,27,31)(H,28,32)/b8-5+. The normalized spacial score (nSPS) is 10.8. The van der Waals surface area contributed by atoms with Gasteiger partial charge in [-0.1, -0.05) is 48.0 Å². The van der Waals surface area contributed by atoms with Crippen molar-refractivity contribution in [2.24, 2.45) is 11.7 Å². The summed E-state index contributed by atoms with van der Waals surface area (Å²) >= 11 is 6.26. The Kier molecular flexibility index (Phi) is 8.52. The van der Waals surface area contributed by atoms with E-state index in [4.69, 9.17) is 28.0 Å². The molecule has 34 heavy (non-hydrogen) atoms. The lowest BCUT2D eigenvalue weighted by atomic mass is 10.1. The van der Waals surface area contributed by atoms with Crippen molar-refractivity contribution >= 4 is 35.6 Å². The zero-order valence-corrected chi connectivity index (χ0v) is 18.8. The van der Waals surface area contributed by atoms with Crippen molar-refractivity contribution in [3.8, 4) is 5.75 Å². The molecule has 1 aromatic heterocycles. The lowest BCUT2D eigenvalue weighted by molar-refractivity contribution is -0.123. The molecular weight excluding hydrogens is 460 g/mol. The first-order chi connectivity index (χ1) is 16.4. The van der Waals surface area contributed by atoms with Crippen molar-refractivity contribution in [2.75, 3.05) is 6.61 Å². The van der Waals surface area contributed by atoms with Crippen LogP contribution in [0.15, 0.2) is 59.4 Å². The predicted octanol–water partition coefficient (Wildman–Crippen LogP) is 1.02. The molecular formula is C23H23ClN6O4. The van der Waals surface area contributed by atoms with E-state index < -0.39 is 17.4 Å². The lowest BCUT2D eigenvalue weighted by Gasteiger charge is -2.10. The molecule has 2 aromatic carbocycles. The fourth-order valence-electron chi connectivity index (χ4n) is 3.01.